The smallest absolute Gasteiger partial charge is 0.355 e. The maximum atomic E-state index is 12.4. The molecule has 0 atom stereocenters. The molecule has 0 saturated heterocycles. The Morgan fingerprint density at radius 3 is 2.43 bits per heavy atom. The number of fused-ring (bicyclic) bond motifs is 1. The fraction of sp³-hybridized carbons (Fsp3) is 0.0588. The molecule has 0 N–H and O–H groups in total. The first-order chi connectivity index (χ1) is 11.1. The molecular formula is C17H11ClO4S. The van der Waals surface area contributed by atoms with Crippen molar-refractivity contribution in [2.24, 2.45) is 0 Å². The van der Waals surface area contributed by atoms with Crippen LogP contribution in [0.15, 0.2) is 48.5 Å². The van der Waals surface area contributed by atoms with E-state index in [9.17, 15) is 9.59 Å². The van der Waals surface area contributed by atoms with Gasteiger partial charge in [0.15, 0.2) is 0 Å². The number of carbonyl (C=O) groups excluding carboxylic acids is 2. The summed E-state index contributed by atoms with van der Waals surface area (Å²) in [6, 6.07) is 13.8. The van der Waals surface area contributed by atoms with Gasteiger partial charge in [0.1, 0.15) is 16.2 Å². The van der Waals surface area contributed by atoms with Crippen LogP contribution < -0.4 is 4.74 Å². The maximum absolute atomic E-state index is 12.4. The van der Waals surface area contributed by atoms with Crippen molar-refractivity contribution in [3.8, 4) is 5.75 Å². The molecule has 0 unspecified atom stereocenters. The molecule has 2 aromatic carbocycles. The van der Waals surface area contributed by atoms with E-state index in [1.165, 1.54) is 30.6 Å². The Kier molecular flexibility index (Phi) is 4.32. The molecule has 0 saturated carbocycles. The summed E-state index contributed by atoms with van der Waals surface area (Å²) in [6.45, 7) is 0. The maximum Gasteiger partial charge on any atom is 0.355 e. The highest BCUT2D eigenvalue weighted by Crippen LogP contribution is 2.36. The SMILES string of the molecule is COC(=O)c1ccccc1OC(=O)c1sc2ccccc2c1Cl. The summed E-state index contributed by atoms with van der Waals surface area (Å²) in [5, 5.41) is 1.15. The Hall–Kier alpha value is -2.37. The molecule has 3 rings (SSSR count). The molecule has 1 heterocycles. The molecule has 0 amide bonds. The topological polar surface area (TPSA) is 52.6 Å². The van der Waals surface area contributed by atoms with Gasteiger partial charge in [0, 0.05) is 10.1 Å². The van der Waals surface area contributed by atoms with Gasteiger partial charge in [-0.15, -0.1) is 11.3 Å². The molecular weight excluding hydrogens is 336 g/mol. The molecule has 0 aliphatic rings. The van der Waals surface area contributed by atoms with Gasteiger partial charge in [-0.25, -0.2) is 9.59 Å². The van der Waals surface area contributed by atoms with Crippen LogP contribution in [0.25, 0.3) is 10.1 Å². The van der Waals surface area contributed by atoms with Gasteiger partial charge < -0.3 is 9.47 Å². The van der Waals surface area contributed by atoms with Gasteiger partial charge in [-0.1, -0.05) is 41.9 Å². The Morgan fingerprint density at radius 1 is 1.00 bits per heavy atom. The predicted octanol–water partition coefficient (Wildman–Crippen LogP) is 4.56. The van der Waals surface area contributed by atoms with Gasteiger partial charge in [0.05, 0.1) is 12.1 Å². The van der Waals surface area contributed by atoms with Crippen LogP contribution in [0.2, 0.25) is 5.02 Å². The van der Waals surface area contributed by atoms with Crippen molar-refractivity contribution in [1.29, 1.82) is 0 Å². The molecule has 0 bridgehead atoms. The number of ether oxygens (including phenoxy) is 2. The number of carbonyl (C=O) groups is 2. The van der Waals surface area contributed by atoms with Crippen LogP contribution in [-0.2, 0) is 4.74 Å². The summed E-state index contributed by atoms with van der Waals surface area (Å²) in [4.78, 5) is 24.4. The average Bonchev–Trinajstić information content (AvgIpc) is 2.92. The molecule has 0 spiro atoms. The number of para-hydroxylation sites is 1. The van der Waals surface area contributed by atoms with E-state index in [4.69, 9.17) is 16.3 Å². The first kappa shape index (κ1) is 15.5. The van der Waals surface area contributed by atoms with Crippen LogP contribution in [-0.4, -0.2) is 19.0 Å². The summed E-state index contributed by atoms with van der Waals surface area (Å²) in [7, 11) is 1.27. The highest BCUT2D eigenvalue weighted by Gasteiger charge is 2.21. The third-order valence-corrected chi connectivity index (χ3v) is 4.87. The van der Waals surface area contributed by atoms with Gasteiger partial charge in [0.2, 0.25) is 0 Å². The van der Waals surface area contributed by atoms with E-state index in [0.717, 1.165) is 10.1 Å². The number of halogens is 1. The van der Waals surface area contributed by atoms with Crippen molar-refractivity contribution >= 4 is 45.0 Å². The molecule has 0 aliphatic carbocycles. The van der Waals surface area contributed by atoms with Crippen molar-refractivity contribution in [2.75, 3.05) is 7.11 Å². The van der Waals surface area contributed by atoms with Crippen molar-refractivity contribution in [1.82, 2.24) is 0 Å². The van der Waals surface area contributed by atoms with Crippen molar-refractivity contribution < 1.29 is 19.1 Å². The lowest BCUT2D eigenvalue weighted by Gasteiger charge is -2.07. The number of methoxy groups -OCH3 is 1. The fourth-order valence-electron chi connectivity index (χ4n) is 2.13. The van der Waals surface area contributed by atoms with Crippen LogP contribution in [0.3, 0.4) is 0 Å². The molecule has 3 aromatic rings. The molecule has 0 radical (unpaired) electrons. The number of hydrogen-bond donors (Lipinski definition) is 0. The Balaban J connectivity index is 1.96. The van der Waals surface area contributed by atoms with Gasteiger partial charge in [0.25, 0.3) is 0 Å². The summed E-state index contributed by atoms with van der Waals surface area (Å²) in [5.74, 6) is -1.04. The van der Waals surface area contributed by atoms with Crippen molar-refractivity contribution in [3.63, 3.8) is 0 Å². The molecule has 0 fully saturated rings. The zero-order chi connectivity index (χ0) is 16.4. The normalized spacial score (nSPS) is 10.5. The monoisotopic (exact) mass is 346 g/mol. The lowest BCUT2D eigenvalue weighted by molar-refractivity contribution is 0.0593. The third kappa shape index (κ3) is 2.93. The highest BCUT2D eigenvalue weighted by atomic mass is 35.5. The van der Waals surface area contributed by atoms with E-state index in [-0.39, 0.29) is 11.3 Å². The minimum Gasteiger partial charge on any atom is -0.465 e. The minimum absolute atomic E-state index is 0.137. The summed E-state index contributed by atoms with van der Waals surface area (Å²) < 4.78 is 10.9. The quantitative estimate of drug-likeness (QED) is 0.515. The van der Waals surface area contributed by atoms with Crippen LogP contribution >= 0.6 is 22.9 Å². The first-order valence-corrected chi connectivity index (χ1v) is 7.88. The standard InChI is InChI=1S/C17H11ClO4S/c1-21-16(19)10-6-2-4-8-12(10)22-17(20)15-14(18)11-7-3-5-9-13(11)23-15/h2-9H,1H3. The number of benzene rings is 2. The summed E-state index contributed by atoms with van der Waals surface area (Å²) >= 11 is 7.51. The van der Waals surface area contributed by atoms with E-state index in [1.807, 2.05) is 24.3 Å². The van der Waals surface area contributed by atoms with Crippen LogP contribution in [0.4, 0.5) is 0 Å². The predicted molar refractivity (Wildman–Crippen MR) is 89.6 cm³/mol. The average molecular weight is 347 g/mol. The molecule has 6 heteroatoms. The largest absolute Gasteiger partial charge is 0.465 e. The summed E-state index contributed by atoms with van der Waals surface area (Å²) in [6.07, 6.45) is 0. The lowest BCUT2D eigenvalue weighted by atomic mass is 10.2. The summed E-state index contributed by atoms with van der Waals surface area (Å²) in [5.41, 5.74) is 0.181. The second kappa shape index (κ2) is 6.40. The highest BCUT2D eigenvalue weighted by molar-refractivity contribution is 7.21. The van der Waals surface area contributed by atoms with E-state index in [1.54, 1.807) is 12.1 Å². The number of rotatable bonds is 3. The zero-order valence-corrected chi connectivity index (χ0v) is 13.6. The van der Waals surface area contributed by atoms with Crippen molar-refractivity contribution in [3.05, 3.63) is 64.0 Å². The second-order valence-corrected chi connectivity index (χ2v) is 6.05. The van der Waals surface area contributed by atoms with Crippen LogP contribution in [0.5, 0.6) is 5.75 Å². The van der Waals surface area contributed by atoms with Gasteiger partial charge in [-0.3, -0.25) is 0 Å². The van der Waals surface area contributed by atoms with Crippen molar-refractivity contribution in [2.45, 2.75) is 0 Å². The molecule has 23 heavy (non-hydrogen) atoms. The van der Waals surface area contributed by atoms with Gasteiger partial charge >= 0.3 is 11.9 Å². The molecule has 116 valence electrons. The Bertz CT molecular complexity index is 900. The zero-order valence-electron chi connectivity index (χ0n) is 12.0. The van der Waals surface area contributed by atoms with E-state index in [2.05, 4.69) is 4.74 Å². The molecule has 0 aliphatic heterocycles. The minimum atomic E-state index is -0.604. The fourth-order valence-corrected chi connectivity index (χ4v) is 3.51. The van der Waals surface area contributed by atoms with E-state index >= 15 is 0 Å². The van der Waals surface area contributed by atoms with E-state index in [0.29, 0.717) is 9.90 Å². The second-order valence-electron chi connectivity index (χ2n) is 4.62. The van der Waals surface area contributed by atoms with Crippen LogP contribution in [0.1, 0.15) is 20.0 Å². The number of esters is 2. The Morgan fingerprint density at radius 2 is 1.70 bits per heavy atom. The van der Waals surface area contributed by atoms with Gasteiger partial charge in [-0.05, 0) is 18.2 Å². The first-order valence-electron chi connectivity index (χ1n) is 6.68. The Labute approximate surface area is 141 Å². The van der Waals surface area contributed by atoms with Crippen LogP contribution in [0, 0.1) is 0 Å². The number of thiophene rings is 1. The third-order valence-electron chi connectivity index (χ3n) is 3.22. The molecule has 4 nitrogen and oxygen atoms in total. The van der Waals surface area contributed by atoms with E-state index < -0.39 is 11.9 Å². The van der Waals surface area contributed by atoms with Gasteiger partial charge in [-0.2, -0.15) is 0 Å². The number of hydrogen-bond acceptors (Lipinski definition) is 5. The lowest BCUT2D eigenvalue weighted by Crippen LogP contribution is -2.11. The molecule has 1 aromatic heterocycles.